The molecular formula is C27H40N4O4. The van der Waals surface area contributed by atoms with Crippen molar-refractivity contribution in [2.75, 3.05) is 33.3 Å². The molecule has 0 saturated carbocycles. The zero-order valence-electron chi connectivity index (χ0n) is 21.6. The van der Waals surface area contributed by atoms with Gasteiger partial charge in [0.15, 0.2) is 0 Å². The molecule has 2 amide bonds. The molecular weight excluding hydrogens is 444 g/mol. The standard InChI is InChI=1S/C27H40N4O4/c1-27(2,3)29-24(32)19-31-23(20-10-8-11-21(18-20)35-4)13-12-22(26(31)34)25(33)28-14-9-17-30-15-6-5-7-16-30/h10,12-13,18H,5-9,11,14-17,19H2,1-4H3,(H,28,33)(H,29,32). The van der Waals surface area contributed by atoms with E-state index in [0.29, 0.717) is 12.2 Å². The summed E-state index contributed by atoms with van der Waals surface area (Å²) in [5, 5.41) is 5.79. The van der Waals surface area contributed by atoms with E-state index >= 15 is 0 Å². The van der Waals surface area contributed by atoms with Crippen LogP contribution in [0.5, 0.6) is 0 Å². The topological polar surface area (TPSA) is 92.7 Å². The monoisotopic (exact) mass is 484 g/mol. The lowest BCUT2D eigenvalue weighted by molar-refractivity contribution is -0.123. The fraction of sp³-hybridized carbons (Fsp3) is 0.593. The van der Waals surface area contributed by atoms with Crippen molar-refractivity contribution >= 4 is 17.4 Å². The van der Waals surface area contributed by atoms with Gasteiger partial charge in [0, 0.05) is 18.5 Å². The molecule has 1 aliphatic heterocycles. The van der Waals surface area contributed by atoms with Crippen LogP contribution in [0.3, 0.4) is 0 Å². The maximum absolute atomic E-state index is 13.4. The lowest BCUT2D eigenvalue weighted by Crippen LogP contribution is -2.44. The third kappa shape index (κ3) is 7.82. The van der Waals surface area contributed by atoms with Crippen LogP contribution in [0.1, 0.15) is 75.3 Å². The quantitative estimate of drug-likeness (QED) is 0.526. The summed E-state index contributed by atoms with van der Waals surface area (Å²) >= 11 is 0. The van der Waals surface area contributed by atoms with Gasteiger partial charge in [-0.05, 0) is 89.9 Å². The molecule has 8 heteroatoms. The van der Waals surface area contributed by atoms with Crippen LogP contribution in [0.25, 0.3) is 5.57 Å². The molecule has 1 aromatic rings. The maximum Gasteiger partial charge on any atom is 0.264 e. The van der Waals surface area contributed by atoms with Crippen LogP contribution in [-0.2, 0) is 16.1 Å². The smallest absolute Gasteiger partial charge is 0.264 e. The van der Waals surface area contributed by atoms with Gasteiger partial charge in [0.1, 0.15) is 12.1 Å². The van der Waals surface area contributed by atoms with Gasteiger partial charge in [-0.3, -0.25) is 19.0 Å². The van der Waals surface area contributed by atoms with Crippen LogP contribution in [0.2, 0.25) is 0 Å². The Labute approximate surface area is 208 Å². The lowest BCUT2D eigenvalue weighted by atomic mass is 10.0. The van der Waals surface area contributed by atoms with Crippen molar-refractivity contribution in [3.05, 3.63) is 51.7 Å². The number of nitrogens with zero attached hydrogens (tertiary/aromatic N) is 2. The van der Waals surface area contributed by atoms with Crippen LogP contribution < -0.4 is 16.2 Å². The van der Waals surface area contributed by atoms with Crippen LogP contribution in [0.4, 0.5) is 0 Å². The first kappa shape index (κ1) is 26.7. The van der Waals surface area contributed by atoms with E-state index in [-0.39, 0.29) is 18.0 Å². The number of hydrogen-bond donors (Lipinski definition) is 2. The number of carbonyl (C=O) groups excluding carboxylic acids is 2. The summed E-state index contributed by atoms with van der Waals surface area (Å²) in [4.78, 5) is 41.5. The van der Waals surface area contributed by atoms with Crippen molar-refractivity contribution in [2.24, 2.45) is 0 Å². The average molecular weight is 485 g/mol. The van der Waals surface area contributed by atoms with E-state index in [1.807, 2.05) is 32.9 Å². The number of hydrogen-bond acceptors (Lipinski definition) is 5. The number of carbonyl (C=O) groups is 2. The number of nitrogens with one attached hydrogen (secondary N) is 2. The average Bonchev–Trinajstić information content (AvgIpc) is 2.82. The lowest BCUT2D eigenvalue weighted by Gasteiger charge is -2.26. The van der Waals surface area contributed by atoms with E-state index in [9.17, 15) is 14.4 Å². The molecule has 192 valence electrons. The molecule has 2 N–H and O–H groups in total. The van der Waals surface area contributed by atoms with Crippen molar-refractivity contribution in [3.8, 4) is 0 Å². The number of likely N-dealkylation sites (tertiary alicyclic amines) is 1. The molecule has 1 saturated heterocycles. The summed E-state index contributed by atoms with van der Waals surface area (Å²) < 4.78 is 6.80. The molecule has 8 nitrogen and oxygen atoms in total. The fourth-order valence-corrected chi connectivity index (χ4v) is 4.56. The Morgan fingerprint density at radius 2 is 1.86 bits per heavy atom. The molecule has 0 radical (unpaired) electrons. The van der Waals surface area contributed by atoms with E-state index in [1.165, 1.54) is 23.8 Å². The van der Waals surface area contributed by atoms with Crippen molar-refractivity contribution in [1.29, 1.82) is 0 Å². The largest absolute Gasteiger partial charge is 0.501 e. The minimum Gasteiger partial charge on any atom is -0.501 e. The molecule has 2 aliphatic rings. The maximum atomic E-state index is 13.4. The third-order valence-corrected chi connectivity index (χ3v) is 6.25. The number of piperidine rings is 1. The number of methoxy groups -OCH3 is 1. The number of rotatable bonds is 9. The van der Waals surface area contributed by atoms with Gasteiger partial charge in [-0.25, -0.2) is 0 Å². The third-order valence-electron chi connectivity index (χ3n) is 6.25. The second-order valence-corrected chi connectivity index (χ2v) is 10.3. The summed E-state index contributed by atoms with van der Waals surface area (Å²) in [6, 6.07) is 3.31. The predicted molar refractivity (Wildman–Crippen MR) is 138 cm³/mol. The van der Waals surface area contributed by atoms with E-state index in [0.717, 1.165) is 50.2 Å². The molecule has 0 aromatic carbocycles. The zero-order chi connectivity index (χ0) is 25.4. The predicted octanol–water partition coefficient (Wildman–Crippen LogP) is 3.08. The van der Waals surface area contributed by atoms with Gasteiger partial charge >= 0.3 is 0 Å². The molecule has 0 bridgehead atoms. The Balaban J connectivity index is 1.79. The Morgan fingerprint density at radius 1 is 1.11 bits per heavy atom. The van der Waals surface area contributed by atoms with E-state index < -0.39 is 17.0 Å². The molecule has 0 atom stereocenters. The summed E-state index contributed by atoms with van der Waals surface area (Å²) in [6.45, 7) is 9.18. The summed E-state index contributed by atoms with van der Waals surface area (Å²) in [5.74, 6) is 0.124. The number of allylic oxidation sites excluding steroid dienone is 4. The highest BCUT2D eigenvalue weighted by Crippen LogP contribution is 2.25. The molecule has 0 unspecified atom stereocenters. The van der Waals surface area contributed by atoms with Gasteiger partial charge in [-0.15, -0.1) is 0 Å². The second kappa shape index (κ2) is 12.2. The summed E-state index contributed by atoms with van der Waals surface area (Å²) in [6.07, 6.45) is 10.1. The first-order chi connectivity index (χ1) is 16.7. The molecule has 0 spiro atoms. The van der Waals surface area contributed by atoms with E-state index in [4.69, 9.17) is 4.74 Å². The van der Waals surface area contributed by atoms with Gasteiger partial charge in [0.05, 0.1) is 18.6 Å². The number of pyridine rings is 1. The minimum atomic E-state index is -0.473. The Morgan fingerprint density at radius 3 is 2.54 bits per heavy atom. The zero-order valence-corrected chi connectivity index (χ0v) is 21.6. The molecule has 1 fully saturated rings. The van der Waals surface area contributed by atoms with Gasteiger partial charge < -0.3 is 20.3 Å². The molecule has 1 aliphatic carbocycles. The SMILES string of the molecule is COC1=CC(c2ccc(C(=O)NCCCN3CCCCC3)c(=O)n2CC(=O)NC(C)(C)C)=CCC1. The van der Waals surface area contributed by atoms with Crippen molar-refractivity contribution in [1.82, 2.24) is 20.1 Å². The van der Waals surface area contributed by atoms with Gasteiger partial charge in [0.25, 0.3) is 11.5 Å². The van der Waals surface area contributed by atoms with Crippen molar-refractivity contribution in [2.45, 2.75) is 71.4 Å². The van der Waals surface area contributed by atoms with Crippen LogP contribution in [0, 0.1) is 0 Å². The van der Waals surface area contributed by atoms with Gasteiger partial charge in [-0.2, -0.15) is 0 Å². The van der Waals surface area contributed by atoms with Gasteiger partial charge in [0.2, 0.25) is 5.91 Å². The Kier molecular flexibility index (Phi) is 9.32. The number of amides is 2. The van der Waals surface area contributed by atoms with Crippen LogP contribution in [-0.4, -0.2) is 60.1 Å². The van der Waals surface area contributed by atoms with Crippen LogP contribution in [0.15, 0.2) is 34.8 Å². The Hall–Kier alpha value is -2.87. The first-order valence-corrected chi connectivity index (χ1v) is 12.7. The highest BCUT2D eigenvalue weighted by Gasteiger charge is 2.21. The summed E-state index contributed by atoms with van der Waals surface area (Å²) in [5.41, 5.74) is 0.538. The van der Waals surface area contributed by atoms with Gasteiger partial charge in [-0.1, -0.05) is 12.5 Å². The van der Waals surface area contributed by atoms with Crippen molar-refractivity contribution in [3.63, 3.8) is 0 Å². The highest BCUT2D eigenvalue weighted by molar-refractivity contribution is 5.94. The second-order valence-electron chi connectivity index (χ2n) is 10.3. The fourth-order valence-electron chi connectivity index (χ4n) is 4.56. The van der Waals surface area contributed by atoms with E-state index in [2.05, 4.69) is 15.5 Å². The number of aromatic nitrogens is 1. The molecule has 3 rings (SSSR count). The van der Waals surface area contributed by atoms with Crippen LogP contribution >= 0.6 is 0 Å². The first-order valence-electron chi connectivity index (χ1n) is 12.7. The highest BCUT2D eigenvalue weighted by atomic mass is 16.5. The van der Waals surface area contributed by atoms with E-state index in [1.54, 1.807) is 19.2 Å². The normalized spacial score (nSPS) is 16.8. The summed E-state index contributed by atoms with van der Waals surface area (Å²) in [7, 11) is 1.62. The molecule has 1 aromatic heterocycles. The number of ether oxygens (including phenoxy) is 1. The molecule has 2 heterocycles. The molecule has 35 heavy (non-hydrogen) atoms. The van der Waals surface area contributed by atoms with Crippen molar-refractivity contribution < 1.29 is 14.3 Å². The minimum absolute atomic E-state index is 0.0441. The Bertz CT molecular complexity index is 1030.